The maximum Gasteiger partial charge on any atom is 0.323 e. The molecule has 0 radical (unpaired) electrons. The summed E-state index contributed by atoms with van der Waals surface area (Å²) in [6, 6.07) is 7.06. The lowest BCUT2D eigenvalue weighted by Gasteiger charge is -2.18. The molecule has 0 saturated carbocycles. The molecule has 0 amide bonds. The van der Waals surface area contributed by atoms with E-state index in [1.807, 2.05) is 18.2 Å². The van der Waals surface area contributed by atoms with Gasteiger partial charge in [-0.3, -0.25) is 10.1 Å². The van der Waals surface area contributed by atoms with E-state index < -0.39 is 24.2 Å². The summed E-state index contributed by atoms with van der Waals surface area (Å²) in [6.07, 6.45) is -1.50. The van der Waals surface area contributed by atoms with Gasteiger partial charge in [0.25, 0.3) is 0 Å². The van der Waals surface area contributed by atoms with Crippen molar-refractivity contribution in [2.75, 3.05) is 6.54 Å². The van der Waals surface area contributed by atoms with Crippen LogP contribution in [0.2, 0.25) is 0 Å². The van der Waals surface area contributed by atoms with Crippen molar-refractivity contribution in [3.8, 4) is 0 Å². The number of carboxylic acids is 1. The lowest BCUT2D eigenvalue weighted by molar-refractivity contribution is -0.142. The van der Waals surface area contributed by atoms with E-state index in [0.29, 0.717) is 19.1 Å². The second kappa shape index (κ2) is 6.35. The fourth-order valence-corrected chi connectivity index (χ4v) is 2.52. The van der Waals surface area contributed by atoms with Crippen LogP contribution in [-0.4, -0.2) is 41.0 Å². The number of aliphatic hydroxyl groups excluding tert-OH is 1. The summed E-state index contributed by atoms with van der Waals surface area (Å²) in [7, 11) is 0. The summed E-state index contributed by atoms with van der Waals surface area (Å²) >= 11 is 0. The van der Waals surface area contributed by atoms with Gasteiger partial charge in [0, 0.05) is 6.54 Å². The predicted octanol–water partition coefficient (Wildman–Crippen LogP) is 1.11. The molecule has 3 N–H and O–H groups in total. The van der Waals surface area contributed by atoms with Crippen molar-refractivity contribution in [3.05, 3.63) is 35.4 Å². The van der Waals surface area contributed by atoms with Crippen LogP contribution in [0.5, 0.6) is 0 Å². The number of carboxylic acid groups (broad SMARTS) is 1. The molecule has 110 valence electrons. The normalized spacial score (nSPS) is 26.1. The number of benzene rings is 1. The van der Waals surface area contributed by atoms with Crippen molar-refractivity contribution in [3.63, 3.8) is 0 Å². The summed E-state index contributed by atoms with van der Waals surface area (Å²) in [5.41, 5.74) is 2.29. The van der Waals surface area contributed by atoms with Crippen molar-refractivity contribution >= 4 is 5.97 Å². The third kappa shape index (κ3) is 3.17. The number of aliphatic carboxylic acids is 1. The summed E-state index contributed by atoms with van der Waals surface area (Å²) < 4.78 is 5.70. The number of aliphatic hydroxyl groups is 1. The molecule has 1 aliphatic rings. The molecule has 0 aromatic heterocycles. The summed E-state index contributed by atoms with van der Waals surface area (Å²) in [4.78, 5) is 10.9. The van der Waals surface area contributed by atoms with Crippen LogP contribution in [0.3, 0.4) is 0 Å². The first-order chi connectivity index (χ1) is 9.50. The van der Waals surface area contributed by atoms with Gasteiger partial charge in [-0.05, 0) is 17.0 Å². The minimum absolute atomic E-state index is 0.349. The van der Waals surface area contributed by atoms with Gasteiger partial charge in [0.2, 0.25) is 0 Å². The Labute approximate surface area is 118 Å². The zero-order valence-electron chi connectivity index (χ0n) is 11.7. The Kier molecular flexibility index (Phi) is 4.75. The number of rotatable bonds is 5. The predicted molar refractivity (Wildman–Crippen MR) is 74.5 cm³/mol. The van der Waals surface area contributed by atoms with Crippen LogP contribution in [0.25, 0.3) is 0 Å². The van der Waals surface area contributed by atoms with Crippen molar-refractivity contribution in [2.24, 2.45) is 0 Å². The van der Waals surface area contributed by atoms with Gasteiger partial charge in [0.15, 0.2) is 0 Å². The van der Waals surface area contributed by atoms with E-state index in [-0.39, 0.29) is 0 Å². The molecule has 0 spiro atoms. The lowest BCUT2D eigenvalue weighted by atomic mass is 9.98. The average molecular weight is 279 g/mol. The van der Waals surface area contributed by atoms with E-state index >= 15 is 0 Å². The van der Waals surface area contributed by atoms with Crippen LogP contribution in [0.4, 0.5) is 0 Å². The Hall–Kier alpha value is -1.43. The highest BCUT2D eigenvalue weighted by molar-refractivity contribution is 5.74. The molecule has 1 aromatic rings. The molecule has 0 aliphatic carbocycles. The third-order valence-corrected chi connectivity index (χ3v) is 3.66. The molecule has 0 bridgehead atoms. The number of carbonyl (C=O) groups is 1. The first-order valence-electron chi connectivity index (χ1n) is 6.84. The zero-order chi connectivity index (χ0) is 14.7. The molecular formula is C15H21NO4. The van der Waals surface area contributed by atoms with Crippen LogP contribution in [-0.2, 0) is 16.1 Å². The van der Waals surface area contributed by atoms with Crippen LogP contribution in [0.1, 0.15) is 30.9 Å². The number of hydrogen-bond acceptors (Lipinski definition) is 4. The maximum absolute atomic E-state index is 10.9. The smallest absolute Gasteiger partial charge is 0.323 e. The Balaban J connectivity index is 1.98. The van der Waals surface area contributed by atoms with Gasteiger partial charge in [-0.25, -0.2) is 0 Å². The first kappa shape index (κ1) is 15.0. The highest BCUT2D eigenvalue weighted by atomic mass is 16.5. The number of hydrogen-bond donors (Lipinski definition) is 3. The standard InChI is InChI=1S/C15H21NO4/c1-9(2)11-6-4-3-5-10(11)8-20-12-7-16-13(14(12)17)15(18)19/h3-6,9,12-14,16-17H,7-8H2,1-2H3,(H,18,19)/t12?,13-,14?/m0/s1. The highest BCUT2D eigenvalue weighted by Crippen LogP contribution is 2.21. The van der Waals surface area contributed by atoms with Gasteiger partial charge >= 0.3 is 5.97 Å². The molecule has 2 unspecified atom stereocenters. The Bertz CT molecular complexity index is 475. The Morgan fingerprint density at radius 3 is 2.75 bits per heavy atom. The SMILES string of the molecule is CC(C)c1ccccc1COC1CN[C@H](C(=O)O)C1O. The van der Waals surface area contributed by atoms with Crippen molar-refractivity contribution < 1.29 is 19.7 Å². The van der Waals surface area contributed by atoms with Gasteiger partial charge in [0.1, 0.15) is 12.1 Å². The van der Waals surface area contributed by atoms with E-state index in [1.165, 1.54) is 5.56 Å². The maximum atomic E-state index is 10.9. The molecule has 1 fully saturated rings. The molecule has 1 heterocycles. The largest absolute Gasteiger partial charge is 0.480 e. The molecular weight excluding hydrogens is 258 g/mol. The molecule has 20 heavy (non-hydrogen) atoms. The van der Waals surface area contributed by atoms with Crippen molar-refractivity contribution in [1.29, 1.82) is 0 Å². The quantitative estimate of drug-likeness (QED) is 0.752. The average Bonchev–Trinajstić information content (AvgIpc) is 2.78. The van der Waals surface area contributed by atoms with E-state index in [9.17, 15) is 9.90 Å². The van der Waals surface area contributed by atoms with E-state index in [2.05, 4.69) is 25.2 Å². The zero-order valence-corrected chi connectivity index (χ0v) is 11.7. The molecule has 3 atom stereocenters. The summed E-state index contributed by atoms with van der Waals surface area (Å²) in [6.45, 7) is 4.96. The Morgan fingerprint density at radius 1 is 1.45 bits per heavy atom. The number of nitrogens with one attached hydrogen (secondary N) is 1. The van der Waals surface area contributed by atoms with Crippen LogP contribution < -0.4 is 5.32 Å². The lowest BCUT2D eigenvalue weighted by Crippen LogP contribution is -2.40. The molecule has 1 saturated heterocycles. The van der Waals surface area contributed by atoms with Gasteiger partial charge in [-0.15, -0.1) is 0 Å². The van der Waals surface area contributed by atoms with Gasteiger partial charge < -0.3 is 14.9 Å². The van der Waals surface area contributed by atoms with E-state index in [1.54, 1.807) is 0 Å². The van der Waals surface area contributed by atoms with Gasteiger partial charge in [-0.2, -0.15) is 0 Å². The number of ether oxygens (including phenoxy) is 1. The second-order valence-electron chi connectivity index (χ2n) is 5.42. The minimum atomic E-state index is -1.05. The molecule has 5 heteroatoms. The molecule has 2 rings (SSSR count). The molecule has 5 nitrogen and oxygen atoms in total. The summed E-state index contributed by atoms with van der Waals surface area (Å²) in [5, 5.41) is 21.6. The van der Waals surface area contributed by atoms with Crippen LogP contribution >= 0.6 is 0 Å². The fraction of sp³-hybridized carbons (Fsp3) is 0.533. The fourth-order valence-electron chi connectivity index (χ4n) is 2.52. The van der Waals surface area contributed by atoms with Crippen molar-refractivity contribution in [1.82, 2.24) is 5.32 Å². The monoisotopic (exact) mass is 279 g/mol. The van der Waals surface area contributed by atoms with Gasteiger partial charge in [0.05, 0.1) is 12.7 Å². The summed E-state index contributed by atoms with van der Waals surface area (Å²) in [5.74, 6) is -0.653. The Morgan fingerprint density at radius 2 is 2.15 bits per heavy atom. The van der Waals surface area contributed by atoms with E-state index in [4.69, 9.17) is 9.84 Å². The minimum Gasteiger partial charge on any atom is -0.480 e. The van der Waals surface area contributed by atoms with E-state index in [0.717, 1.165) is 5.56 Å². The van der Waals surface area contributed by atoms with Crippen molar-refractivity contribution in [2.45, 2.75) is 44.6 Å². The first-order valence-corrected chi connectivity index (χ1v) is 6.84. The molecule has 1 aliphatic heterocycles. The van der Waals surface area contributed by atoms with Gasteiger partial charge in [-0.1, -0.05) is 38.1 Å². The topological polar surface area (TPSA) is 78.8 Å². The highest BCUT2D eigenvalue weighted by Gasteiger charge is 2.39. The molecule has 1 aromatic carbocycles. The second-order valence-corrected chi connectivity index (χ2v) is 5.42. The van der Waals surface area contributed by atoms with Crippen LogP contribution in [0, 0.1) is 0 Å². The van der Waals surface area contributed by atoms with Crippen LogP contribution in [0.15, 0.2) is 24.3 Å². The third-order valence-electron chi connectivity index (χ3n) is 3.66.